The molecule has 3 nitrogen and oxygen atoms in total. The number of carbonyl (C=O) groups is 1. The van der Waals surface area contributed by atoms with Gasteiger partial charge in [-0.25, -0.2) is 9.78 Å². The zero-order valence-corrected chi connectivity index (χ0v) is 8.74. The maximum Gasteiger partial charge on any atom is 0.358 e. The molecule has 4 heteroatoms. The molecule has 1 heterocycles. The van der Waals surface area contributed by atoms with Gasteiger partial charge in [-0.15, -0.1) is 11.3 Å². The van der Waals surface area contributed by atoms with Gasteiger partial charge < -0.3 is 4.74 Å². The lowest BCUT2D eigenvalue weighted by Crippen LogP contribution is -2.05. The largest absolute Gasteiger partial charge is 0.456 e. The van der Waals surface area contributed by atoms with Crippen molar-refractivity contribution in [3.63, 3.8) is 0 Å². The summed E-state index contributed by atoms with van der Waals surface area (Å²) in [5.74, 6) is -0.375. The van der Waals surface area contributed by atoms with Gasteiger partial charge >= 0.3 is 5.97 Å². The maximum atomic E-state index is 11.4. The van der Waals surface area contributed by atoms with Crippen LogP contribution in [0.2, 0.25) is 0 Å². The Kier molecular flexibility index (Phi) is 3.09. The van der Waals surface area contributed by atoms with Gasteiger partial charge in [0.25, 0.3) is 0 Å². The molecule has 0 spiro atoms. The second-order valence-corrected chi connectivity index (χ2v) is 3.65. The summed E-state index contributed by atoms with van der Waals surface area (Å²) >= 11 is 1.38. The van der Waals surface area contributed by atoms with Crippen LogP contribution in [0.3, 0.4) is 0 Å². The van der Waals surface area contributed by atoms with Crippen molar-refractivity contribution in [3.05, 3.63) is 52.5 Å². The number of ether oxygens (including phenoxy) is 1. The lowest BCUT2D eigenvalue weighted by molar-refractivity contribution is 0.0466. The number of hydrogen-bond donors (Lipinski definition) is 0. The van der Waals surface area contributed by atoms with Gasteiger partial charge in [-0.2, -0.15) is 0 Å². The first kappa shape index (κ1) is 9.86. The van der Waals surface area contributed by atoms with Crippen molar-refractivity contribution in [3.8, 4) is 0 Å². The third kappa shape index (κ3) is 2.63. The zero-order chi connectivity index (χ0) is 10.5. The molecular weight excluding hydrogens is 210 g/mol. The van der Waals surface area contributed by atoms with Crippen molar-refractivity contribution >= 4 is 17.3 Å². The summed E-state index contributed by atoms with van der Waals surface area (Å²) in [5, 5.41) is 1.67. The Morgan fingerprint density at radius 3 is 2.80 bits per heavy atom. The van der Waals surface area contributed by atoms with Crippen molar-refractivity contribution in [2.24, 2.45) is 0 Å². The minimum Gasteiger partial charge on any atom is -0.456 e. The fourth-order valence-corrected chi connectivity index (χ4v) is 1.63. The minimum atomic E-state index is -0.375. The molecule has 0 bridgehead atoms. The highest BCUT2D eigenvalue weighted by Gasteiger charge is 2.08. The monoisotopic (exact) mass is 219 g/mol. The van der Waals surface area contributed by atoms with E-state index in [4.69, 9.17) is 4.74 Å². The second-order valence-electron chi connectivity index (χ2n) is 2.94. The number of thiazole rings is 1. The Morgan fingerprint density at radius 2 is 2.13 bits per heavy atom. The summed E-state index contributed by atoms with van der Waals surface area (Å²) < 4.78 is 5.08. The van der Waals surface area contributed by atoms with Crippen LogP contribution in [0.5, 0.6) is 0 Å². The lowest BCUT2D eigenvalue weighted by atomic mass is 10.2. The molecule has 0 aliphatic rings. The smallest absolute Gasteiger partial charge is 0.358 e. The van der Waals surface area contributed by atoms with E-state index in [1.54, 1.807) is 10.9 Å². The third-order valence-electron chi connectivity index (χ3n) is 1.85. The fraction of sp³-hybridized carbons (Fsp3) is 0.0909. The topological polar surface area (TPSA) is 39.2 Å². The van der Waals surface area contributed by atoms with Gasteiger partial charge in [0.05, 0.1) is 5.51 Å². The number of esters is 1. The van der Waals surface area contributed by atoms with E-state index in [1.165, 1.54) is 11.3 Å². The summed E-state index contributed by atoms with van der Waals surface area (Å²) in [6, 6.07) is 9.56. The second kappa shape index (κ2) is 4.70. The standard InChI is InChI=1S/C11H9NO2S/c13-11(10-7-15-8-12-10)14-6-9-4-2-1-3-5-9/h1-5,7-8H,6H2. The SMILES string of the molecule is O=C(OCc1ccccc1)c1cscn1. The van der Waals surface area contributed by atoms with E-state index in [1.807, 2.05) is 30.3 Å². The third-order valence-corrected chi connectivity index (χ3v) is 2.44. The Labute approximate surface area is 91.4 Å². The van der Waals surface area contributed by atoms with E-state index in [0.717, 1.165) is 5.56 Å². The first-order valence-corrected chi connectivity index (χ1v) is 5.40. The van der Waals surface area contributed by atoms with Crippen LogP contribution in [-0.4, -0.2) is 11.0 Å². The van der Waals surface area contributed by atoms with E-state index in [-0.39, 0.29) is 12.6 Å². The zero-order valence-electron chi connectivity index (χ0n) is 7.92. The average Bonchev–Trinajstić information content (AvgIpc) is 2.81. The van der Waals surface area contributed by atoms with E-state index >= 15 is 0 Å². The van der Waals surface area contributed by atoms with Crippen LogP contribution < -0.4 is 0 Å². The van der Waals surface area contributed by atoms with Gasteiger partial charge in [-0.05, 0) is 5.56 Å². The van der Waals surface area contributed by atoms with Gasteiger partial charge in [-0.1, -0.05) is 30.3 Å². The summed E-state index contributed by atoms with van der Waals surface area (Å²) in [6.07, 6.45) is 0. The van der Waals surface area contributed by atoms with Gasteiger partial charge in [-0.3, -0.25) is 0 Å². The van der Waals surface area contributed by atoms with E-state index in [9.17, 15) is 4.79 Å². The molecule has 2 aromatic rings. The summed E-state index contributed by atoms with van der Waals surface area (Å²) in [7, 11) is 0. The van der Waals surface area contributed by atoms with E-state index < -0.39 is 0 Å². The van der Waals surface area contributed by atoms with Gasteiger partial charge in [0, 0.05) is 5.38 Å². The highest BCUT2D eigenvalue weighted by atomic mass is 32.1. The molecule has 2 rings (SSSR count). The van der Waals surface area contributed by atoms with E-state index in [2.05, 4.69) is 4.98 Å². The predicted molar refractivity (Wildman–Crippen MR) is 57.7 cm³/mol. The Balaban J connectivity index is 1.92. The molecule has 0 atom stereocenters. The fourth-order valence-electron chi connectivity index (χ4n) is 1.11. The van der Waals surface area contributed by atoms with Crippen molar-refractivity contribution < 1.29 is 9.53 Å². The summed E-state index contributed by atoms with van der Waals surface area (Å²) in [4.78, 5) is 15.3. The molecule has 0 saturated carbocycles. The number of benzene rings is 1. The Morgan fingerprint density at radius 1 is 1.33 bits per heavy atom. The van der Waals surface area contributed by atoms with Crippen LogP contribution in [0.25, 0.3) is 0 Å². The molecule has 0 amide bonds. The van der Waals surface area contributed by atoms with Crippen molar-refractivity contribution in [1.29, 1.82) is 0 Å². The van der Waals surface area contributed by atoms with Gasteiger partial charge in [0.1, 0.15) is 6.61 Å². The summed E-state index contributed by atoms with van der Waals surface area (Å²) in [6.45, 7) is 0.289. The van der Waals surface area contributed by atoms with Crippen LogP contribution in [-0.2, 0) is 11.3 Å². The van der Waals surface area contributed by atoms with Gasteiger partial charge in [0.15, 0.2) is 5.69 Å². The lowest BCUT2D eigenvalue weighted by Gasteiger charge is -2.02. The first-order chi connectivity index (χ1) is 7.36. The van der Waals surface area contributed by atoms with Gasteiger partial charge in [0.2, 0.25) is 0 Å². The quantitative estimate of drug-likeness (QED) is 0.744. The van der Waals surface area contributed by atoms with E-state index in [0.29, 0.717) is 5.69 Å². The molecule has 0 unspecified atom stereocenters. The minimum absolute atomic E-state index is 0.289. The van der Waals surface area contributed by atoms with Crippen molar-refractivity contribution in [2.75, 3.05) is 0 Å². The van der Waals surface area contributed by atoms with Crippen molar-refractivity contribution in [1.82, 2.24) is 4.98 Å². The highest BCUT2D eigenvalue weighted by Crippen LogP contribution is 2.06. The number of rotatable bonds is 3. The molecule has 15 heavy (non-hydrogen) atoms. The van der Waals surface area contributed by atoms with Crippen LogP contribution in [0.15, 0.2) is 41.2 Å². The first-order valence-electron chi connectivity index (χ1n) is 4.45. The van der Waals surface area contributed by atoms with Crippen LogP contribution in [0.1, 0.15) is 16.1 Å². The molecule has 1 aromatic carbocycles. The molecule has 0 aliphatic heterocycles. The van der Waals surface area contributed by atoms with Crippen LogP contribution in [0.4, 0.5) is 0 Å². The summed E-state index contributed by atoms with van der Waals surface area (Å²) in [5.41, 5.74) is 2.95. The highest BCUT2D eigenvalue weighted by molar-refractivity contribution is 7.07. The molecular formula is C11H9NO2S. The normalized spacial score (nSPS) is 9.87. The maximum absolute atomic E-state index is 11.4. The molecule has 0 aliphatic carbocycles. The molecule has 0 fully saturated rings. The van der Waals surface area contributed by atoms with Crippen molar-refractivity contribution in [2.45, 2.75) is 6.61 Å². The molecule has 0 N–H and O–H groups in total. The Bertz CT molecular complexity index is 425. The Hall–Kier alpha value is -1.68. The number of nitrogens with zero attached hydrogens (tertiary/aromatic N) is 1. The molecule has 76 valence electrons. The molecule has 0 saturated heterocycles. The van der Waals surface area contributed by atoms with Crippen LogP contribution >= 0.6 is 11.3 Å². The number of hydrogen-bond acceptors (Lipinski definition) is 4. The molecule has 1 aromatic heterocycles. The number of carbonyl (C=O) groups excluding carboxylic acids is 1. The molecule has 0 radical (unpaired) electrons. The number of aromatic nitrogens is 1. The predicted octanol–water partition coefficient (Wildman–Crippen LogP) is 2.50. The van der Waals surface area contributed by atoms with Crippen LogP contribution in [0, 0.1) is 0 Å². The average molecular weight is 219 g/mol.